The number of hydrogen-bond acceptors (Lipinski definition) is 13. The summed E-state index contributed by atoms with van der Waals surface area (Å²) < 4.78 is 37.7. The average molecular weight is 894 g/mol. The average Bonchev–Trinajstić information content (AvgIpc) is 3.29. The van der Waals surface area contributed by atoms with Crippen LogP contribution < -0.4 is 5.32 Å². The topological polar surface area (TPSA) is 193 Å². The number of benzene rings is 3. The van der Waals surface area contributed by atoms with Crippen LogP contribution in [0.2, 0.25) is 0 Å². The first-order valence-electron chi connectivity index (χ1n) is 22.4. The van der Waals surface area contributed by atoms with Gasteiger partial charge < -0.3 is 44.0 Å². The van der Waals surface area contributed by atoms with Gasteiger partial charge in [0.25, 0.3) is 5.91 Å². The number of carbonyl (C=O) groups excluding carboxylic acids is 5. The molecule has 2 aliphatic heterocycles. The molecule has 14 nitrogen and oxygen atoms in total. The second-order valence-corrected chi connectivity index (χ2v) is 17.9. The van der Waals surface area contributed by atoms with Crippen molar-refractivity contribution in [1.29, 1.82) is 0 Å². The minimum atomic E-state index is -2.26. The van der Waals surface area contributed by atoms with Gasteiger partial charge in [0.05, 0.1) is 30.7 Å². The Hall–Kier alpha value is -5.67. The maximum atomic E-state index is 15.4. The second kappa shape index (κ2) is 19.8. The lowest BCUT2D eigenvalue weighted by Gasteiger charge is -2.60. The second-order valence-electron chi connectivity index (χ2n) is 17.9. The number of amides is 1. The minimum Gasteiger partial charge on any atom is -0.490 e. The molecule has 0 aromatic heterocycles. The van der Waals surface area contributed by atoms with Crippen molar-refractivity contribution in [1.82, 2.24) is 5.32 Å². The van der Waals surface area contributed by atoms with Crippen molar-refractivity contribution in [3.8, 4) is 0 Å². The van der Waals surface area contributed by atoms with E-state index in [4.69, 9.17) is 28.4 Å². The summed E-state index contributed by atoms with van der Waals surface area (Å²) in [5.41, 5.74) is -3.97. The van der Waals surface area contributed by atoms with Gasteiger partial charge in [-0.25, -0.2) is 9.59 Å². The quantitative estimate of drug-likeness (QED) is 0.160. The number of nitrogens with one attached hydrogen (secondary N) is 1. The first-order valence-corrected chi connectivity index (χ1v) is 22.4. The number of Topliss-reactive ketones (excluding diaryl/α,β-unsaturated/α-hetero) is 1. The molecule has 346 valence electrons. The molecule has 1 saturated heterocycles. The van der Waals surface area contributed by atoms with E-state index in [9.17, 15) is 29.4 Å². The third-order valence-electron chi connectivity index (χ3n) is 13.5. The van der Waals surface area contributed by atoms with E-state index in [0.717, 1.165) is 19.3 Å². The highest BCUT2D eigenvalue weighted by Gasteiger charge is 2.70. The fraction of sp³-hybridized carbons (Fsp3) is 0.471. The van der Waals surface area contributed by atoms with Crippen LogP contribution in [0, 0.1) is 11.3 Å². The predicted molar refractivity (Wildman–Crippen MR) is 236 cm³/mol. The molecule has 65 heavy (non-hydrogen) atoms. The number of rotatable bonds is 9. The Morgan fingerprint density at radius 2 is 1.42 bits per heavy atom. The number of fused-ring (bicyclic) bond motifs is 5. The lowest BCUT2D eigenvalue weighted by atomic mass is 9.53. The van der Waals surface area contributed by atoms with Gasteiger partial charge in [-0.15, -0.1) is 0 Å². The standard InChI is InChI=1S/C51H59NO13/c1-31-37(63-48(58)43(55)41(34-19-11-8-12-20-34)52-46(56)35-21-13-9-14-22-35)29-51(59)45(64-47(57)36-23-15-10-16-24-36)40-32(2)44(42(54)39(31)49(51,4)5)61-27-18-7-6-17-26-60-28-25-38-50(40,30-62-38)65-33(3)53/h8-16,19-24,37-38,40-41,43,45,55,59H,6-7,17-18,25-30H2,1-5H3,(H,52,56)/t37-,38+,40+,41-,43+,45-,50-,51+/m0/s1. The van der Waals surface area contributed by atoms with Crippen molar-refractivity contribution in [2.45, 2.75) is 115 Å². The van der Waals surface area contributed by atoms with Crippen LogP contribution in [-0.2, 0) is 42.8 Å². The molecular formula is C51H59NO13. The number of carbonyl (C=O) groups is 5. The third-order valence-corrected chi connectivity index (χ3v) is 13.5. The minimum absolute atomic E-state index is 0.0540. The van der Waals surface area contributed by atoms with E-state index >= 15 is 4.79 Å². The molecule has 1 fully saturated rings. The highest BCUT2D eigenvalue weighted by molar-refractivity contribution is 6.09. The van der Waals surface area contributed by atoms with E-state index in [1.54, 1.807) is 119 Å². The Balaban J connectivity index is 1.37. The van der Waals surface area contributed by atoms with Crippen LogP contribution in [0.15, 0.2) is 113 Å². The molecule has 14 heteroatoms. The number of esters is 3. The largest absolute Gasteiger partial charge is 0.490 e. The maximum absolute atomic E-state index is 15.4. The van der Waals surface area contributed by atoms with Gasteiger partial charge in [0.15, 0.2) is 17.5 Å². The summed E-state index contributed by atoms with van der Waals surface area (Å²) in [5.74, 6) is -5.13. The van der Waals surface area contributed by atoms with E-state index in [0.29, 0.717) is 24.2 Å². The van der Waals surface area contributed by atoms with Crippen LogP contribution >= 0.6 is 0 Å². The molecule has 2 heterocycles. The van der Waals surface area contributed by atoms with Gasteiger partial charge in [0.1, 0.15) is 23.9 Å². The number of aliphatic hydroxyl groups excluding tert-OH is 1. The van der Waals surface area contributed by atoms with Crippen molar-refractivity contribution < 1.29 is 62.6 Å². The van der Waals surface area contributed by atoms with Gasteiger partial charge in [0.2, 0.25) is 5.78 Å². The Kier molecular flexibility index (Phi) is 14.4. The summed E-state index contributed by atoms with van der Waals surface area (Å²) in [4.78, 5) is 71.0. The number of allylic oxidation sites excluding steroid dienone is 1. The SMILES string of the molecule is CC(=O)O[C@@]12CO[C@@H]1CCOCCCCCCOC1=C(C)[C@@H]2[C@H](OC(=O)c2ccccc2)[C@]2(O)C[C@H](OC(=O)[C@H](O)[C@@H](NC(=O)c3ccccc3)c3ccccc3)C(C)=C(C1=O)C2(C)C. The Bertz CT molecular complexity index is 2290. The normalized spacial score (nSPS) is 27.9. The molecule has 3 aromatic rings. The molecule has 0 radical (unpaired) electrons. The van der Waals surface area contributed by atoms with Crippen molar-refractivity contribution in [3.05, 3.63) is 130 Å². The van der Waals surface area contributed by atoms with Gasteiger partial charge in [-0.2, -0.15) is 0 Å². The van der Waals surface area contributed by atoms with E-state index in [1.807, 2.05) is 0 Å². The van der Waals surface area contributed by atoms with Gasteiger partial charge >= 0.3 is 17.9 Å². The first kappa shape index (κ1) is 47.3. The molecule has 4 bridgehead atoms. The van der Waals surface area contributed by atoms with Gasteiger partial charge in [-0.1, -0.05) is 87.0 Å². The van der Waals surface area contributed by atoms with Crippen molar-refractivity contribution in [2.75, 3.05) is 26.4 Å². The first-order chi connectivity index (χ1) is 31.1. The van der Waals surface area contributed by atoms with Gasteiger partial charge in [-0.3, -0.25) is 14.4 Å². The smallest absolute Gasteiger partial charge is 0.338 e. The van der Waals surface area contributed by atoms with E-state index in [1.165, 1.54) is 6.92 Å². The summed E-state index contributed by atoms with van der Waals surface area (Å²) in [6, 6.07) is 23.7. The number of aliphatic hydroxyl groups is 2. The molecule has 4 aliphatic rings. The third kappa shape index (κ3) is 9.40. The summed E-state index contributed by atoms with van der Waals surface area (Å²) in [6.45, 7) is 8.54. The van der Waals surface area contributed by atoms with Crippen LogP contribution in [0.1, 0.15) is 105 Å². The molecule has 7 rings (SSSR count). The van der Waals surface area contributed by atoms with Crippen LogP contribution in [0.25, 0.3) is 0 Å². The van der Waals surface area contributed by atoms with Crippen molar-refractivity contribution in [2.24, 2.45) is 11.3 Å². The molecule has 1 amide bonds. The van der Waals surface area contributed by atoms with Crippen LogP contribution in [-0.4, -0.2) is 102 Å². The van der Waals surface area contributed by atoms with Crippen LogP contribution in [0.3, 0.4) is 0 Å². The number of ether oxygens (including phenoxy) is 6. The highest BCUT2D eigenvalue weighted by atomic mass is 16.6. The molecule has 3 N–H and O–H groups in total. The van der Waals surface area contributed by atoms with Gasteiger partial charge in [-0.05, 0) is 74.1 Å². The number of hydrogen-bond donors (Lipinski definition) is 3. The van der Waals surface area contributed by atoms with Crippen LogP contribution in [0.4, 0.5) is 0 Å². The lowest BCUT2D eigenvalue weighted by Crippen LogP contribution is -2.73. The summed E-state index contributed by atoms with van der Waals surface area (Å²) >= 11 is 0. The fourth-order valence-corrected chi connectivity index (χ4v) is 9.99. The summed E-state index contributed by atoms with van der Waals surface area (Å²) in [5, 5.41) is 28.4. The van der Waals surface area contributed by atoms with Crippen molar-refractivity contribution >= 4 is 29.6 Å². The molecule has 0 unspecified atom stereocenters. The predicted octanol–water partition coefficient (Wildman–Crippen LogP) is 6.30. The van der Waals surface area contributed by atoms with E-state index in [-0.39, 0.29) is 54.3 Å². The van der Waals surface area contributed by atoms with Gasteiger partial charge in [0, 0.05) is 49.5 Å². The lowest BCUT2D eigenvalue weighted by molar-refractivity contribution is -0.296. The zero-order valence-corrected chi connectivity index (χ0v) is 37.6. The zero-order valence-electron chi connectivity index (χ0n) is 37.6. The molecule has 0 saturated carbocycles. The van der Waals surface area contributed by atoms with E-state index in [2.05, 4.69) is 5.32 Å². The summed E-state index contributed by atoms with van der Waals surface area (Å²) in [7, 11) is 0. The molecule has 8 atom stereocenters. The Morgan fingerprint density at radius 3 is 2.03 bits per heavy atom. The molecule has 3 aromatic carbocycles. The summed E-state index contributed by atoms with van der Waals surface area (Å²) in [6.07, 6.45) is -2.96. The molecule has 0 spiro atoms. The monoisotopic (exact) mass is 893 g/mol. The number of ketones is 1. The van der Waals surface area contributed by atoms with Crippen LogP contribution in [0.5, 0.6) is 0 Å². The Morgan fingerprint density at radius 1 is 0.800 bits per heavy atom. The molecule has 2 aliphatic carbocycles. The van der Waals surface area contributed by atoms with Crippen molar-refractivity contribution in [3.63, 3.8) is 0 Å². The maximum Gasteiger partial charge on any atom is 0.338 e. The zero-order chi connectivity index (χ0) is 46.5. The fourth-order valence-electron chi connectivity index (χ4n) is 9.99. The molecular weight excluding hydrogens is 835 g/mol. The highest BCUT2D eigenvalue weighted by Crippen LogP contribution is 2.58. The Labute approximate surface area is 379 Å². The van der Waals surface area contributed by atoms with E-state index < -0.39 is 89.0 Å².